The van der Waals surface area contributed by atoms with Crippen LogP contribution in [0.15, 0.2) is 47.6 Å². The third-order valence-electron chi connectivity index (χ3n) is 2.64. The molecule has 0 radical (unpaired) electrons. The zero-order valence-corrected chi connectivity index (χ0v) is 13.3. The van der Waals surface area contributed by atoms with Gasteiger partial charge in [-0.05, 0) is 71.0 Å². The molecular formula is C13H13IN2O2S. The maximum atomic E-state index is 12.2. The Morgan fingerprint density at radius 1 is 1.21 bits per heavy atom. The molecule has 19 heavy (non-hydrogen) atoms. The predicted molar refractivity (Wildman–Crippen MR) is 82.2 cm³/mol. The predicted octanol–water partition coefficient (Wildman–Crippen LogP) is 2.47. The van der Waals surface area contributed by atoms with Gasteiger partial charge in [-0.1, -0.05) is 0 Å². The third-order valence-corrected chi connectivity index (χ3v) is 4.87. The summed E-state index contributed by atoms with van der Waals surface area (Å²) in [6.45, 7) is 2.06. The molecule has 1 heterocycles. The molecule has 2 rings (SSSR count). The van der Waals surface area contributed by atoms with Crippen LogP contribution in [0.1, 0.15) is 11.1 Å². The first kappa shape index (κ1) is 14.4. The Hall–Kier alpha value is -0.990. The summed E-state index contributed by atoms with van der Waals surface area (Å²) in [5.74, 6) is 0. The van der Waals surface area contributed by atoms with Gasteiger partial charge < -0.3 is 0 Å². The van der Waals surface area contributed by atoms with Gasteiger partial charge in [0.25, 0.3) is 0 Å². The number of hydrogen-bond donors (Lipinski definition) is 1. The zero-order valence-electron chi connectivity index (χ0n) is 10.3. The van der Waals surface area contributed by atoms with Crippen LogP contribution in [-0.2, 0) is 16.6 Å². The van der Waals surface area contributed by atoms with E-state index in [1.165, 1.54) is 0 Å². The van der Waals surface area contributed by atoms with Crippen molar-refractivity contribution in [3.63, 3.8) is 0 Å². The first-order valence-electron chi connectivity index (χ1n) is 5.64. The maximum absolute atomic E-state index is 12.2. The molecule has 0 aliphatic carbocycles. The summed E-state index contributed by atoms with van der Waals surface area (Å²) in [6, 6.07) is 8.83. The zero-order chi connectivity index (χ0) is 13.9. The minimum Gasteiger partial charge on any atom is -0.265 e. The fourth-order valence-electron chi connectivity index (χ4n) is 1.67. The van der Waals surface area contributed by atoms with Crippen LogP contribution in [0, 0.1) is 10.5 Å². The molecular weight excluding hydrogens is 375 g/mol. The van der Waals surface area contributed by atoms with Crippen LogP contribution in [0.2, 0.25) is 0 Å². The second-order valence-electron chi connectivity index (χ2n) is 4.09. The number of aryl methyl sites for hydroxylation is 1. The van der Waals surface area contributed by atoms with Gasteiger partial charge in [0.1, 0.15) is 0 Å². The van der Waals surface area contributed by atoms with Crippen LogP contribution >= 0.6 is 22.6 Å². The van der Waals surface area contributed by atoms with E-state index >= 15 is 0 Å². The lowest BCUT2D eigenvalue weighted by atomic mass is 10.2. The van der Waals surface area contributed by atoms with Crippen molar-refractivity contribution < 1.29 is 8.42 Å². The summed E-state index contributed by atoms with van der Waals surface area (Å²) < 4.78 is 28.0. The SMILES string of the molecule is Cc1cc(I)ccc1S(=O)(=O)NCc1ccncc1. The molecule has 1 N–H and O–H groups in total. The summed E-state index contributed by atoms with van der Waals surface area (Å²) in [6.07, 6.45) is 3.28. The summed E-state index contributed by atoms with van der Waals surface area (Å²) >= 11 is 2.16. The molecule has 0 spiro atoms. The Kier molecular flexibility index (Phi) is 4.54. The number of benzene rings is 1. The molecule has 0 amide bonds. The van der Waals surface area contributed by atoms with Crippen molar-refractivity contribution in [2.45, 2.75) is 18.4 Å². The minimum atomic E-state index is -3.48. The Bertz CT molecular complexity index is 672. The molecule has 0 atom stereocenters. The number of aromatic nitrogens is 1. The Labute approximate surface area is 126 Å². The van der Waals surface area contributed by atoms with Gasteiger partial charge in [0.05, 0.1) is 4.90 Å². The minimum absolute atomic E-state index is 0.260. The van der Waals surface area contributed by atoms with Crippen molar-refractivity contribution >= 4 is 32.6 Å². The molecule has 4 nitrogen and oxygen atoms in total. The molecule has 2 aromatic rings. The fraction of sp³-hybridized carbons (Fsp3) is 0.154. The molecule has 0 fully saturated rings. The second kappa shape index (κ2) is 5.98. The smallest absolute Gasteiger partial charge is 0.241 e. The molecule has 6 heteroatoms. The van der Waals surface area contributed by atoms with Crippen LogP contribution in [0.4, 0.5) is 0 Å². The lowest BCUT2D eigenvalue weighted by molar-refractivity contribution is 0.580. The van der Waals surface area contributed by atoms with Crippen molar-refractivity contribution in [2.75, 3.05) is 0 Å². The molecule has 0 saturated heterocycles. The second-order valence-corrected chi connectivity index (χ2v) is 7.07. The largest absolute Gasteiger partial charge is 0.265 e. The van der Waals surface area contributed by atoms with Gasteiger partial charge >= 0.3 is 0 Å². The highest BCUT2D eigenvalue weighted by Gasteiger charge is 2.16. The van der Waals surface area contributed by atoms with Crippen molar-refractivity contribution in [1.82, 2.24) is 9.71 Å². The first-order valence-corrected chi connectivity index (χ1v) is 8.20. The van der Waals surface area contributed by atoms with Crippen LogP contribution in [-0.4, -0.2) is 13.4 Å². The molecule has 0 unspecified atom stereocenters. The normalized spacial score (nSPS) is 11.5. The standard InChI is InChI=1S/C13H13IN2O2S/c1-10-8-12(14)2-3-13(10)19(17,18)16-9-11-4-6-15-7-5-11/h2-8,16H,9H2,1H3. The van der Waals surface area contributed by atoms with E-state index in [2.05, 4.69) is 32.3 Å². The summed E-state index contributed by atoms with van der Waals surface area (Å²) in [4.78, 5) is 4.22. The van der Waals surface area contributed by atoms with Gasteiger partial charge in [-0.2, -0.15) is 0 Å². The number of nitrogens with one attached hydrogen (secondary N) is 1. The van der Waals surface area contributed by atoms with Gasteiger partial charge in [0.15, 0.2) is 0 Å². The van der Waals surface area contributed by atoms with Crippen molar-refractivity contribution in [1.29, 1.82) is 0 Å². The summed E-state index contributed by atoms with van der Waals surface area (Å²) in [5.41, 5.74) is 1.62. The Morgan fingerprint density at radius 3 is 2.53 bits per heavy atom. The van der Waals surface area contributed by atoms with Crippen LogP contribution in [0.3, 0.4) is 0 Å². The van der Waals surface area contributed by atoms with Crippen LogP contribution in [0.25, 0.3) is 0 Å². The first-order chi connectivity index (χ1) is 8.99. The molecule has 100 valence electrons. The summed E-state index contributed by atoms with van der Waals surface area (Å²) in [5, 5.41) is 0. The Morgan fingerprint density at radius 2 is 1.89 bits per heavy atom. The summed E-state index contributed by atoms with van der Waals surface area (Å²) in [7, 11) is -3.48. The number of hydrogen-bond acceptors (Lipinski definition) is 3. The molecule has 0 aliphatic rings. The maximum Gasteiger partial charge on any atom is 0.241 e. The average molecular weight is 388 g/mol. The van der Waals surface area contributed by atoms with E-state index in [1.807, 2.05) is 6.07 Å². The highest BCUT2D eigenvalue weighted by Crippen LogP contribution is 2.18. The van der Waals surface area contributed by atoms with Gasteiger partial charge in [-0.15, -0.1) is 0 Å². The number of sulfonamides is 1. The molecule has 0 saturated carbocycles. The van der Waals surface area contributed by atoms with E-state index in [9.17, 15) is 8.42 Å². The number of nitrogens with zero attached hydrogens (tertiary/aromatic N) is 1. The van der Waals surface area contributed by atoms with Crippen LogP contribution in [0.5, 0.6) is 0 Å². The van der Waals surface area contributed by atoms with E-state index in [-0.39, 0.29) is 6.54 Å². The molecule has 1 aromatic heterocycles. The van der Waals surface area contributed by atoms with E-state index < -0.39 is 10.0 Å². The van der Waals surface area contributed by atoms with E-state index in [0.29, 0.717) is 4.90 Å². The molecule has 0 bridgehead atoms. The number of pyridine rings is 1. The Balaban J connectivity index is 2.19. The van der Waals surface area contributed by atoms with Crippen molar-refractivity contribution in [3.8, 4) is 0 Å². The van der Waals surface area contributed by atoms with Gasteiger partial charge in [-0.25, -0.2) is 13.1 Å². The van der Waals surface area contributed by atoms with E-state index in [0.717, 1.165) is 14.7 Å². The van der Waals surface area contributed by atoms with Gasteiger partial charge in [0, 0.05) is 22.5 Å². The van der Waals surface area contributed by atoms with E-state index in [4.69, 9.17) is 0 Å². The lowest BCUT2D eigenvalue weighted by Gasteiger charge is -2.09. The quantitative estimate of drug-likeness (QED) is 0.819. The van der Waals surface area contributed by atoms with Crippen molar-refractivity contribution in [3.05, 3.63) is 57.4 Å². The average Bonchev–Trinajstić information content (AvgIpc) is 2.37. The van der Waals surface area contributed by atoms with Crippen LogP contribution < -0.4 is 4.72 Å². The van der Waals surface area contributed by atoms with Crippen molar-refractivity contribution in [2.24, 2.45) is 0 Å². The van der Waals surface area contributed by atoms with Gasteiger partial charge in [-0.3, -0.25) is 4.98 Å². The highest BCUT2D eigenvalue weighted by molar-refractivity contribution is 14.1. The molecule has 1 aromatic carbocycles. The monoisotopic (exact) mass is 388 g/mol. The number of rotatable bonds is 4. The fourth-order valence-corrected chi connectivity index (χ4v) is 3.56. The third kappa shape index (κ3) is 3.74. The highest BCUT2D eigenvalue weighted by atomic mass is 127. The van der Waals surface area contributed by atoms with E-state index in [1.54, 1.807) is 43.6 Å². The molecule has 0 aliphatic heterocycles. The topological polar surface area (TPSA) is 59.1 Å². The number of halogens is 1. The lowest BCUT2D eigenvalue weighted by Crippen LogP contribution is -2.24. The van der Waals surface area contributed by atoms with Gasteiger partial charge in [0.2, 0.25) is 10.0 Å².